The lowest BCUT2D eigenvalue weighted by Gasteiger charge is -2.23. The number of alkyl halides is 3. The highest BCUT2D eigenvalue weighted by molar-refractivity contribution is 6.00. The predicted octanol–water partition coefficient (Wildman–Crippen LogP) is 3.65. The third-order valence-corrected chi connectivity index (χ3v) is 5.90. The molecule has 0 aliphatic carbocycles. The Morgan fingerprint density at radius 1 is 1.18 bits per heavy atom. The van der Waals surface area contributed by atoms with E-state index in [9.17, 15) is 28.5 Å². The summed E-state index contributed by atoms with van der Waals surface area (Å²) in [5, 5.41) is 19.0. The molecule has 0 aromatic heterocycles. The number of carbonyl (C=O) groups excluding carboxylic acids is 1. The van der Waals surface area contributed by atoms with Crippen LogP contribution >= 0.6 is 0 Å². The molecular formula is C23H19F3N4O3. The minimum atomic E-state index is -4.84. The Balaban J connectivity index is 1.64. The van der Waals surface area contributed by atoms with E-state index < -0.39 is 12.1 Å². The van der Waals surface area contributed by atoms with Gasteiger partial charge >= 0.3 is 6.36 Å². The molecule has 2 aliphatic heterocycles. The first-order valence-corrected chi connectivity index (χ1v) is 10.1. The Morgan fingerprint density at radius 2 is 1.97 bits per heavy atom. The predicted molar refractivity (Wildman–Crippen MR) is 110 cm³/mol. The molecule has 1 fully saturated rings. The van der Waals surface area contributed by atoms with Crippen LogP contribution in [0.15, 0.2) is 36.4 Å². The van der Waals surface area contributed by atoms with E-state index in [1.165, 1.54) is 18.2 Å². The van der Waals surface area contributed by atoms with Gasteiger partial charge in [0.05, 0.1) is 30.3 Å². The summed E-state index contributed by atoms with van der Waals surface area (Å²) in [5.41, 5.74) is 1.99. The Kier molecular flexibility index (Phi) is 5.88. The molecule has 2 aliphatic rings. The number of benzene rings is 2. The molecule has 0 spiro atoms. The van der Waals surface area contributed by atoms with E-state index in [0.29, 0.717) is 48.4 Å². The van der Waals surface area contributed by atoms with E-state index >= 15 is 0 Å². The van der Waals surface area contributed by atoms with Crippen LogP contribution in [0.3, 0.4) is 0 Å². The van der Waals surface area contributed by atoms with Gasteiger partial charge in [-0.15, -0.1) is 13.2 Å². The van der Waals surface area contributed by atoms with Crippen molar-refractivity contribution >= 4 is 5.91 Å². The number of halogens is 3. The number of nitrogens with zero attached hydrogens (tertiary/aromatic N) is 4. The summed E-state index contributed by atoms with van der Waals surface area (Å²) < 4.78 is 47.0. The summed E-state index contributed by atoms with van der Waals surface area (Å²) in [6.07, 6.45) is -2.12. The van der Waals surface area contributed by atoms with Crippen LogP contribution in [-0.2, 0) is 11.3 Å². The largest absolute Gasteiger partial charge is 0.573 e. The van der Waals surface area contributed by atoms with Crippen molar-refractivity contribution in [3.63, 3.8) is 0 Å². The van der Waals surface area contributed by atoms with Gasteiger partial charge in [0, 0.05) is 31.3 Å². The highest BCUT2D eigenvalue weighted by Crippen LogP contribution is 2.36. The normalized spacial score (nSPS) is 19.9. The number of methoxy groups -OCH3 is 1. The van der Waals surface area contributed by atoms with Gasteiger partial charge in [0.15, 0.2) is 6.19 Å². The molecule has 1 amide bonds. The number of hydrogen-bond donors (Lipinski definition) is 0. The van der Waals surface area contributed by atoms with Crippen molar-refractivity contribution in [2.24, 2.45) is 0 Å². The van der Waals surface area contributed by atoms with Crippen LogP contribution in [0.4, 0.5) is 13.2 Å². The van der Waals surface area contributed by atoms with Crippen molar-refractivity contribution in [2.75, 3.05) is 20.3 Å². The molecule has 0 radical (unpaired) electrons. The van der Waals surface area contributed by atoms with E-state index in [0.717, 1.165) is 0 Å². The summed E-state index contributed by atoms with van der Waals surface area (Å²) >= 11 is 0. The first-order chi connectivity index (χ1) is 15.7. The zero-order valence-corrected chi connectivity index (χ0v) is 17.6. The number of nitriles is 2. The summed E-state index contributed by atoms with van der Waals surface area (Å²) in [6, 6.07) is 10.2. The van der Waals surface area contributed by atoms with Gasteiger partial charge < -0.3 is 19.3 Å². The van der Waals surface area contributed by atoms with Crippen molar-refractivity contribution in [2.45, 2.75) is 31.4 Å². The summed E-state index contributed by atoms with van der Waals surface area (Å²) in [5.74, 6) is -0.650. The molecule has 170 valence electrons. The fourth-order valence-electron chi connectivity index (χ4n) is 4.46. The van der Waals surface area contributed by atoms with Crippen LogP contribution in [0, 0.1) is 22.8 Å². The molecule has 4 rings (SSSR count). The molecule has 0 saturated carbocycles. The van der Waals surface area contributed by atoms with Crippen LogP contribution in [0.1, 0.15) is 27.9 Å². The average Bonchev–Trinajstić information content (AvgIpc) is 3.32. The van der Waals surface area contributed by atoms with Gasteiger partial charge in [-0.25, -0.2) is 0 Å². The lowest BCUT2D eigenvalue weighted by molar-refractivity contribution is -0.274. The molecule has 10 heteroatoms. The van der Waals surface area contributed by atoms with Crippen molar-refractivity contribution < 1.29 is 27.4 Å². The minimum absolute atomic E-state index is 0.122. The quantitative estimate of drug-likeness (QED) is 0.638. The standard InChI is InChI=1S/C23H19F3N4O3/c1-32-12-18-7-17(11-29(18)13-28)30-10-16-5-15(9-27)20(8-21(16)22(30)31)14-3-2-4-19(6-14)33-23(24,25)26/h2-6,8,17-18H,7,10-12H2,1H3/t17-,18+/m1/s1. The SMILES string of the molecule is COC[C@@H]1C[C@@H](N2Cc3cc(C#N)c(-c4cccc(OC(F)(F)F)c4)cc3C2=O)CN1C#N. The van der Waals surface area contributed by atoms with Crippen LogP contribution in [-0.4, -0.2) is 54.4 Å². The number of hydrogen-bond acceptors (Lipinski definition) is 6. The average molecular weight is 456 g/mol. The van der Waals surface area contributed by atoms with E-state index in [4.69, 9.17) is 4.74 Å². The number of carbonyl (C=O) groups is 1. The van der Waals surface area contributed by atoms with Crippen LogP contribution in [0.5, 0.6) is 5.75 Å². The van der Waals surface area contributed by atoms with E-state index in [1.807, 2.05) is 0 Å². The Hall–Kier alpha value is -3.76. The Bertz CT molecular complexity index is 1170. The fourth-order valence-corrected chi connectivity index (χ4v) is 4.46. The monoisotopic (exact) mass is 456 g/mol. The van der Waals surface area contributed by atoms with Gasteiger partial charge in [-0.2, -0.15) is 10.5 Å². The first-order valence-electron chi connectivity index (χ1n) is 10.1. The highest BCUT2D eigenvalue weighted by atomic mass is 19.4. The van der Waals surface area contributed by atoms with Gasteiger partial charge in [-0.05, 0) is 41.8 Å². The van der Waals surface area contributed by atoms with Gasteiger partial charge in [-0.1, -0.05) is 12.1 Å². The second-order valence-corrected chi connectivity index (χ2v) is 7.93. The Labute approximate surface area is 188 Å². The lowest BCUT2D eigenvalue weighted by Crippen LogP contribution is -2.37. The number of ether oxygens (including phenoxy) is 2. The first kappa shape index (κ1) is 22.4. The second kappa shape index (κ2) is 8.64. The van der Waals surface area contributed by atoms with E-state index in [1.54, 1.807) is 35.1 Å². The maximum absolute atomic E-state index is 13.2. The molecule has 1 saturated heterocycles. The van der Waals surface area contributed by atoms with Crippen LogP contribution < -0.4 is 4.74 Å². The summed E-state index contributed by atoms with van der Waals surface area (Å²) in [4.78, 5) is 16.5. The van der Waals surface area contributed by atoms with Crippen molar-refractivity contribution in [1.29, 1.82) is 10.5 Å². The topological polar surface area (TPSA) is 89.6 Å². The molecule has 0 bridgehead atoms. The molecule has 0 unspecified atom stereocenters. The van der Waals surface area contributed by atoms with Crippen LogP contribution in [0.2, 0.25) is 0 Å². The fraction of sp³-hybridized carbons (Fsp3) is 0.348. The molecule has 33 heavy (non-hydrogen) atoms. The molecule has 2 aromatic rings. The smallest absolute Gasteiger partial charge is 0.406 e. The highest BCUT2D eigenvalue weighted by Gasteiger charge is 2.41. The van der Waals surface area contributed by atoms with Gasteiger partial charge in [0.25, 0.3) is 5.91 Å². The third-order valence-electron chi connectivity index (χ3n) is 5.90. The lowest BCUT2D eigenvalue weighted by atomic mass is 9.95. The number of fused-ring (bicyclic) bond motifs is 1. The number of rotatable bonds is 5. The number of amides is 1. The second-order valence-electron chi connectivity index (χ2n) is 7.93. The van der Waals surface area contributed by atoms with E-state index in [2.05, 4.69) is 17.0 Å². The molecular weight excluding hydrogens is 437 g/mol. The minimum Gasteiger partial charge on any atom is -0.406 e. The maximum atomic E-state index is 13.2. The Morgan fingerprint density at radius 3 is 2.64 bits per heavy atom. The van der Waals surface area contributed by atoms with Gasteiger partial charge in [0.2, 0.25) is 0 Å². The number of likely N-dealkylation sites (tertiary alicyclic amines) is 1. The maximum Gasteiger partial charge on any atom is 0.573 e. The zero-order chi connectivity index (χ0) is 23.8. The molecule has 2 aromatic carbocycles. The third kappa shape index (κ3) is 4.43. The van der Waals surface area contributed by atoms with E-state index in [-0.39, 0.29) is 23.6 Å². The molecule has 2 heterocycles. The van der Waals surface area contributed by atoms with Gasteiger partial charge in [0.1, 0.15) is 5.75 Å². The molecule has 2 atom stereocenters. The summed E-state index contributed by atoms with van der Waals surface area (Å²) in [7, 11) is 1.55. The van der Waals surface area contributed by atoms with Crippen molar-refractivity contribution in [1.82, 2.24) is 9.80 Å². The molecule has 7 nitrogen and oxygen atoms in total. The molecule has 0 N–H and O–H groups in total. The zero-order valence-electron chi connectivity index (χ0n) is 17.6. The summed E-state index contributed by atoms with van der Waals surface area (Å²) in [6.45, 7) is 1.06. The van der Waals surface area contributed by atoms with Crippen LogP contribution in [0.25, 0.3) is 11.1 Å². The van der Waals surface area contributed by atoms with Crippen molar-refractivity contribution in [3.8, 4) is 29.1 Å². The van der Waals surface area contributed by atoms with Gasteiger partial charge in [-0.3, -0.25) is 4.79 Å². The van der Waals surface area contributed by atoms with Crippen molar-refractivity contribution in [3.05, 3.63) is 53.1 Å².